The van der Waals surface area contributed by atoms with Gasteiger partial charge >= 0.3 is 0 Å². The fourth-order valence-corrected chi connectivity index (χ4v) is 6.47. The van der Waals surface area contributed by atoms with Gasteiger partial charge in [-0.05, 0) is 81.3 Å². The Morgan fingerprint density at radius 3 is 1.15 bits per heavy atom. The summed E-state index contributed by atoms with van der Waals surface area (Å²) in [4.78, 5) is 0. The normalized spacial score (nSPS) is 11.5. The van der Waals surface area contributed by atoms with Gasteiger partial charge in [-0.15, -0.1) is 0 Å². The summed E-state index contributed by atoms with van der Waals surface area (Å²) in [5.74, 6) is 3.16. The van der Waals surface area contributed by atoms with Gasteiger partial charge in [0.1, 0.15) is 11.5 Å². The van der Waals surface area contributed by atoms with Crippen molar-refractivity contribution in [3.05, 3.63) is 132 Å². The topological polar surface area (TPSA) is 44.9 Å². The predicted molar refractivity (Wildman–Crippen MR) is 194 cm³/mol. The summed E-state index contributed by atoms with van der Waals surface area (Å²) in [7, 11) is 0. The van der Waals surface area contributed by atoms with Crippen LogP contribution in [0.15, 0.2) is 110 Å². The summed E-state index contributed by atoms with van der Waals surface area (Å²) in [5, 5.41) is 9.55. The van der Waals surface area contributed by atoms with Crippen molar-refractivity contribution >= 4 is 0 Å². The molecule has 0 saturated carbocycles. The minimum atomic E-state index is 0. The van der Waals surface area contributed by atoms with E-state index in [4.69, 9.17) is 14.9 Å². The van der Waals surface area contributed by atoms with Crippen LogP contribution in [-0.2, 0) is 20.4 Å². The van der Waals surface area contributed by atoms with E-state index in [1.165, 1.54) is 33.4 Å². The molecule has 0 N–H and O–H groups in total. The monoisotopic (exact) mass is 728 g/mol. The van der Waals surface area contributed by atoms with Crippen LogP contribution in [0.5, 0.6) is 11.5 Å². The molecule has 0 bridgehead atoms. The molecule has 0 spiro atoms. The Bertz CT molecular complexity index is 1800. The first-order chi connectivity index (χ1) is 22.6. The molecule has 0 aliphatic rings. The van der Waals surface area contributed by atoms with Crippen molar-refractivity contribution in [1.82, 2.24) is 19.6 Å². The molecule has 48 heavy (non-hydrogen) atoms. The fraction of sp³-hybridized carbons (Fsp3) is 0.286. The Labute approximate surface area is 299 Å². The number of benzene rings is 4. The van der Waals surface area contributed by atoms with Crippen LogP contribution in [0, 0.1) is 0 Å². The van der Waals surface area contributed by atoms with Gasteiger partial charge in [0.15, 0.2) is 0 Å². The van der Waals surface area contributed by atoms with Crippen molar-refractivity contribution in [1.29, 1.82) is 0 Å². The van der Waals surface area contributed by atoms with Crippen LogP contribution in [0.1, 0.15) is 101 Å². The van der Waals surface area contributed by atoms with Crippen LogP contribution < -0.4 is 4.74 Å². The predicted octanol–water partition coefficient (Wildman–Crippen LogP) is 11.7. The number of hydrogen-bond donors (Lipinski definition) is 0. The van der Waals surface area contributed by atoms with E-state index in [9.17, 15) is 0 Å². The van der Waals surface area contributed by atoms with Crippen LogP contribution in [0.2, 0.25) is 0 Å². The van der Waals surface area contributed by atoms with Crippen LogP contribution in [-0.4, -0.2) is 19.6 Å². The maximum Gasteiger partial charge on any atom is 0.129 e. The molecule has 0 atom stereocenters. The van der Waals surface area contributed by atoms with Crippen molar-refractivity contribution in [2.45, 2.75) is 79.1 Å². The summed E-state index contributed by atoms with van der Waals surface area (Å²) >= 11 is 0. The van der Waals surface area contributed by atoms with Crippen LogP contribution in [0.3, 0.4) is 0 Å². The van der Waals surface area contributed by atoms with E-state index in [1.54, 1.807) is 0 Å². The third-order valence-electron chi connectivity index (χ3n) is 8.89. The zero-order chi connectivity index (χ0) is 33.2. The van der Waals surface area contributed by atoms with Gasteiger partial charge in [0.2, 0.25) is 0 Å². The summed E-state index contributed by atoms with van der Waals surface area (Å²) in [6.45, 7) is 18.0. The fourth-order valence-electron chi connectivity index (χ4n) is 6.47. The van der Waals surface area contributed by atoms with Crippen LogP contribution in [0.25, 0.3) is 33.6 Å². The van der Waals surface area contributed by atoms with E-state index in [-0.39, 0.29) is 20.4 Å². The summed E-state index contributed by atoms with van der Waals surface area (Å²) in [6, 6.07) is 29.5. The SMILES string of the molecule is CC(C)c1cccc(C(C)C)c1-c1cnn(-c2cccc(Oc3cccc(-n4cc(-c5c(C(C)C)cccc5C(C)C)cn4)c3)c2)c1.[Pd]. The van der Waals surface area contributed by atoms with Crippen LogP contribution >= 0.6 is 0 Å². The molecule has 0 radical (unpaired) electrons. The minimum Gasteiger partial charge on any atom is -0.457 e. The molecule has 250 valence electrons. The molecule has 6 aromatic rings. The maximum atomic E-state index is 6.41. The Kier molecular flexibility index (Phi) is 10.9. The van der Waals surface area contributed by atoms with Crippen LogP contribution in [0.4, 0.5) is 0 Å². The Morgan fingerprint density at radius 1 is 0.479 bits per heavy atom. The molecule has 6 heteroatoms. The van der Waals surface area contributed by atoms with Gasteiger partial charge in [-0.1, -0.05) is 104 Å². The molecule has 0 amide bonds. The second kappa shape index (κ2) is 14.9. The zero-order valence-corrected chi connectivity index (χ0v) is 30.8. The molecule has 0 unspecified atom stereocenters. The third kappa shape index (κ3) is 7.26. The molecular weight excluding hydrogens is 683 g/mol. The minimum absolute atomic E-state index is 0. The Balaban J connectivity index is 0.00000451. The van der Waals surface area contributed by atoms with E-state index in [0.717, 1.165) is 34.0 Å². The molecule has 0 saturated heterocycles. The molecular formula is C42H46N4OPd. The molecule has 5 nitrogen and oxygen atoms in total. The number of hydrogen-bond acceptors (Lipinski definition) is 3. The number of rotatable bonds is 10. The number of ether oxygens (including phenoxy) is 1. The largest absolute Gasteiger partial charge is 0.457 e. The van der Waals surface area contributed by atoms with Gasteiger partial charge in [0.05, 0.1) is 23.8 Å². The van der Waals surface area contributed by atoms with Crippen molar-refractivity contribution in [3.8, 4) is 45.1 Å². The molecule has 2 aromatic heterocycles. The second-order valence-electron chi connectivity index (χ2n) is 13.7. The second-order valence-corrected chi connectivity index (χ2v) is 13.7. The molecule has 0 aliphatic heterocycles. The molecule has 0 aliphatic carbocycles. The zero-order valence-electron chi connectivity index (χ0n) is 29.2. The molecule has 6 rings (SSSR count). The van der Waals surface area contributed by atoms with Gasteiger partial charge in [0, 0.05) is 56.1 Å². The van der Waals surface area contributed by atoms with Gasteiger partial charge < -0.3 is 4.74 Å². The van der Waals surface area contributed by atoms with Crippen molar-refractivity contribution in [3.63, 3.8) is 0 Å². The average molecular weight is 729 g/mol. The van der Waals surface area contributed by atoms with Gasteiger partial charge in [-0.2, -0.15) is 10.2 Å². The first kappa shape index (κ1) is 35.1. The van der Waals surface area contributed by atoms with E-state index in [0.29, 0.717) is 23.7 Å². The first-order valence-electron chi connectivity index (χ1n) is 16.8. The van der Waals surface area contributed by atoms with Crippen molar-refractivity contribution in [2.75, 3.05) is 0 Å². The molecule has 0 fully saturated rings. The number of aromatic nitrogens is 4. The Morgan fingerprint density at radius 2 is 0.812 bits per heavy atom. The quantitative estimate of drug-likeness (QED) is 0.132. The molecule has 4 aromatic carbocycles. The third-order valence-corrected chi connectivity index (χ3v) is 8.89. The summed E-state index contributed by atoms with van der Waals surface area (Å²) in [5.41, 5.74) is 12.1. The van der Waals surface area contributed by atoms with E-state index >= 15 is 0 Å². The maximum absolute atomic E-state index is 6.41. The Hall–Kier alpha value is -4.24. The van der Waals surface area contributed by atoms with Gasteiger partial charge in [0.25, 0.3) is 0 Å². The first-order valence-corrected chi connectivity index (χ1v) is 16.8. The van der Waals surface area contributed by atoms with E-state index in [2.05, 4.69) is 116 Å². The van der Waals surface area contributed by atoms with E-state index in [1.807, 2.05) is 58.2 Å². The van der Waals surface area contributed by atoms with Crippen molar-refractivity contribution < 1.29 is 25.2 Å². The summed E-state index contributed by atoms with van der Waals surface area (Å²) < 4.78 is 10.3. The number of nitrogens with zero attached hydrogens (tertiary/aromatic N) is 4. The van der Waals surface area contributed by atoms with Gasteiger partial charge in [-0.25, -0.2) is 9.36 Å². The van der Waals surface area contributed by atoms with Crippen molar-refractivity contribution in [2.24, 2.45) is 0 Å². The smallest absolute Gasteiger partial charge is 0.129 e. The van der Waals surface area contributed by atoms with Gasteiger partial charge in [-0.3, -0.25) is 0 Å². The summed E-state index contributed by atoms with van der Waals surface area (Å²) in [6.07, 6.45) is 8.22. The van der Waals surface area contributed by atoms with E-state index < -0.39 is 0 Å². The molecule has 2 heterocycles. The average Bonchev–Trinajstić information content (AvgIpc) is 3.75. The standard InChI is InChI=1S/C42H46N4O.Pd/c1-27(2)37-17-11-18-38(28(3)4)41(37)31-23-43-45(25-31)33-13-9-15-35(21-33)47-36-16-10-14-34(22-36)46-26-32(24-44-46)42-39(29(5)6)19-12-20-40(42)30(7)8;/h9-30H,1-8H3;.